The van der Waals surface area contributed by atoms with Crippen molar-refractivity contribution in [3.63, 3.8) is 0 Å². The number of aromatic nitrogens is 3. The number of nitrogens with zero attached hydrogens (tertiary/aromatic N) is 2. The summed E-state index contributed by atoms with van der Waals surface area (Å²) >= 11 is 0. The largest absolute Gasteiger partial charge is 0.440 e. The Balaban J connectivity index is 1.95. The summed E-state index contributed by atoms with van der Waals surface area (Å²) < 4.78 is 5.33. The number of rotatable bonds is 2. The molecular formula is C12H15N3O2. The van der Waals surface area contributed by atoms with Crippen LogP contribution in [-0.4, -0.2) is 26.7 Å². The lowest BCUT2D eigenvalue weighted by atomic mass is 9.91. The molecule has 0 radical (unpaired) electrons. The molecule has 0 amide bonds. The molecule has 2 heterocycles. The van der Waals surface area contributed by atoms with E-state index in [0.29, 0.717) is 11.7 Å². The first kappa shape index (κ1) is 10.5. The molecule has 2 N–H and O–H groups in total. The lowest BCUT2D eigenvalue weighted by molar-refractivity contribution is 0.212. The van der Waals surface area contributed by atoms with Crippen LogP contribution < -0.4 is 0 Å². The van der Waals surface area contributed by atoms with Gasteiger partial charge in [-0.05, 0) is 32.1 Å². The summed E-state index contributed by atoms with van der Waals surface area (Å²) in [6.07, 6.45) is 4.22. The quantitative estimate of drug-likeness (QED) is 0.823. The first-order valence-corrected chi connectivity index (χ1v) is 5.87. The molecule has 90 valence electrons. The van der Waals surface area contributed by atoms with Crippen LogP contribution in [0.3, 0.4) is 0 Å². The second-order valence-electron chi connectivity index (χ2n) is 4.57. The number of aryl methyl sites for hydroxylation is 2. The summed E-state index contributed by atoms with van der Waals surface area (Å²) in [7, 11) is 0. The van der Waals surface area contributed by atoms with E-state index in [1.54, 1.807) is 0 Å². The summed E-state index contributed by atoms with van der Waals surface area (Å²) in [5.41, 5.74) is 3.07. The van der Waals surface area contributed by atoms with Crippen molar-refractivity contribution in [2.45, 2.75) is 26.2 Å². The number of fused-ring (bicyclic) bond motifs is 1. The third-order valence-corrected chi connectivity index (χ3v) is 3.37. The molecular weight excluding hydrogens is 218 g/mol. The van der Waals surface area contributed by atoms with Gasteiger partial charge in [0.1, 0.15) is 0 Å². The van der Waals surface area contributed by atoms with E-state index in [2.05, 4.69) is 15.0 Å². The first-order chi connectivity index (χ1) is 8.28. The van der Waals surface area contributed by atoms with Gasteiger partial charge in [-0.15, -0.1) is 0 Å². The van der Waals surface area contributed by atoms with E-state index in [1.807, 2.05) is 6.92 Å². The van der Waals surface area contributed by atoms with Gasteiger partial charge in [0, 0.05) is 12.3 Å². The van der Waals surface area contributed by atoms with Crippen molar-refractivity contribution in [1.82, 2.24) is 15.0 Å². The second kappa shape index (κ2) is 4.00. The summed E-state index contributed by atoms with van der Waals surface area (Å²) in [4.78, 5) is 11.9. The van der Waals surface area contributed by atoms with Gasteiger partial charge in [0.2, 0.25) is 0 Å². The van der Waals surface area contributed by atoms with Gasteiger partial charge < -0.3 is 14.5 Å². The Hall–Kier alpha value is -1.62. The maximum atomic E-state index is 9.19. The maximum absolute atomic E-state index is 9.19. The minimum Gasteiger partial charge on any atom is -0.440 e. The molecule has 1 aliphatic carbocycles. The molecule has 0 bridgehead atoms. The summed E-state index contributed by atoms with van der Waals surface area (Å²) in [5, 5.41) is 9.19. The number of hydrogen-bond donors (Lipinski definition) is 2. The van der Waals surface area contributed by atoms with Crippen LogP contribution in [0.2, 0.25) is 0 Å². The Morgan fingerprint density at radius 2 is 2.47 bits per heavy atom. The Bertz CT molecular complexity index is 530. The monoisotopic (exact) mass is 233 g/mol. The number of aliphatic hydroxyl groups is 1. The van der Waals surface area contributed by atoms with Gasteiger partial charge in [-0.3, -0.25) is 0 Å². The highest BCUT2D eigenvalue weighted by Gasteiger charge is 2.23. The van der Waals surface area contributed by atoms with Crippen molar-refractivity contribution in [2.75, 3.05) is 6.61 Å². The summed E-state index contributed by atoms with van der Waals surface area (Å²) in [6.45, 7) is 2.14. The molecule has 3 rings (SSSR count). The highest BCUT2D eigenvalue weighted by molar-refractivity contribution is 5.51. The molecule has 2 aromatic heterocycles. The molecule has 1 unspecified atom stereocenters. The molecule has 17 heavy (non-hydrogen) atoms. The van der Waals surface area contributed by atoms with Gasteiger partial charge in [-0.1, -0.05) is 0 Å². The smallest absolute Gasteiger partial charge is 0.192 e. The Labute approximate surface area is 98.9 Å². The van der Waals surface area contributed by atoms with Crippen LogP contribution in [0.4, 0.5) is 0 Å². The molecule has 0 saturated heterocycles. The van der Waals surface area contributed by atoms with E-state index >= 15 is 0 Å². The molecule has 5 heteroatoms. The molecule has 0 saturated carbocycles. The van der Waals surface area contributed by atoms with Crippen molar-refractivity contribution < 1.29 is 9.52 Å². The average molecular weight is 233 g/mol. The SMILES string of the molecule is Cc1ncoc1-c1nc2c([nH]1)CC(CO)CC2. The van der Waals surface area contributed by atoms with Crippen molar-refractivity contribution in [3.8, 4) is 11.6 Å². The molecule has 1 atom stereocenters. The van der Waals surface area contributed by atoms with Gasteiger partial charge in [-0.2, -0.15) is 0 Å². The minimum absolute atomic E-state index is 0.245. The number of imidazole rings is 1. The molecule has 1 aliphatic rings. The van der Waals surface area contributed by atoms with Crippen LogP contribution in [0.15, 0.2) is 10.8 Å². The zero-order valence-electron chi connectivity index (χ0n) is 9.73. The van der Waals surface area contributed by atoms with E-state index in [9.17, 15) is 5.11 Å². The fraction of sp³-hybridized carbons (Fsp3) is 0.500. The van der Waals surface area contributed by atoms with Crippen LogP contribution in [-0.2, 0) is 12.8 Å². The number of hydrogen-bond acceptors (Lipinski definition) is 4. The van der Waals surface area contributed by atoms with E-state index in [-0.39, 0.29) is 6.61 Å². The fourth-order valence-electron chi connectivity index (χ4n) is 2.35. The predicted octanol–water partition coefficient (Wildman–Crippen LogP) is 1.47. The third-order valence-electron chi connectivity index (χ3n) is 3.37. The normalized spacial score (nSPS) is 19.3. The topological polar surface area (TPSA) is 74.9 Å². The average Bonchev–Trinajstić information content (AvgIpc) is 2.93. The predicted molar refractivity (Wildman–Crippen MR) is 61.4 cm³/mol. The van der Waals surface area contributed by atoms with Gasteiger partial charge in [-0.25, -0.2) is 9.97 Å². The lowest BCUT2D eigenvalue weighted by Crippen LogP contribution is -2.17. The Morgan fingerprint density at radius 1 is 1.59 bits per heavy atom. The molecule has 2 aromatic rings. The number of oxazole rings is 1. The second-order valence-corrected chi connectivity index (χ2v) is 4.57. The van der Waals surface area contributed by atoms with Crippen molar-refractivity contribution >= 4 is 0 Å². The number of aliphatic hydroxyl groups excluding tert-OH is 1. The van der Waals surface area contributed by atoms with Crippen molar-refractivity contribution in [2.24, 2.45) is 5.92 Å². The van der Waals surface area contributed by atoms with Gasteiger partial charge >= 0.3 is 0 Å². The zero-order chi connectivity index (χ0) is 11.8. The molecule has 0 spiro atoms. The van der Waals surface area contributed by atoms with E-state index < -0.39 is 0 Å². The number of nitrogens with one attached hydrogen (secondary N) is 1. The Kier molecular flexibility index (Phi) is 2.48. The number of H-pyrrole nitrogens is 1. The van der Waals surface area contributed by atoms with Crippen molar-refractivity contribution in [1.29, 1.82) is 0 Å². The van der Waals surface area contributed by atoms with Crippen LogP contribution >= 0.6 is 0 Å². The van der Waals surface area contributed by atoms with Gasteiger partial charge in [0.05, 0.1) is 11.4 Å². The van der Waals surface area contributed by atoms with E-state index in [0.717, 1.165) is 42.2 Å². The maximum Gasteiger partial charge on any atom is 0.192 e. The summed E-state index contributed by atoms with van der Waals surface area (Å²) in [5.74, 6) is 1.81. The highest BCUT2D eigenvalue weighted by atomic mass is 16.3. The lowest BCUT2D eigenvalue weighted by Gasteiger charge is -2.18. The number of aromatic amines is 1. The third kappa shape index (κ3) is 1.76. The zero-order valence-corrected chi connectivity index (χ0v) is 9.73. The standard InChI is InChI=1S/C12H15N3O2/c1-7-11(17-6-13-7)12-14-9-3-2-8(5-16)4-10(9)15-12/h6,8,16H,2-5H2,1H3,(H,14,15). The summed E-state index contributed by atoms with van der Waals surface area (Å²) in [6, 6.07) is 0. The van der Waals surface area contributed by atoms with Crippen LogP contribution in [0, 0.1) is 12.8 Å². The van der Waals surface area contributed by atoms with Crippen LogP contribution in [0.25, 0.3) is 11.6 Å². The Morgan fingerprint density at radius 3 is 3.18 bits per heavy atom. The van der Waals surface area contributed by atoms with Gasteiger partial charge in [0.25, 0.3) is 0 Å². The molecule has 5 nitrogen and oxygen atoms in total. The van der Waals surface area contributed by atoms with Crippen LogP contribution in [0.5, 0.6) is 0 Å². The molecule has 0 aromatic carbocycles. The van der Waals surface area contributed by atoms with Crippen molar-refractivity contribution in [3.05, 3.63) is 23.5 Å². The van der Waals surface area contributed by atoms with E-state index in [4.69, 9.17) is 4.42 Å². The fourth-order valence-corrected chi connectivity index (χ4v) is 2.35. The molecule has 0 aliphatic heterocycles. The van der Waals surface area contributed by atoms with Crippen LogP contribution in [0.1, 0.15) is 23.5 Å². The van der Waals surface area contributed by atoms with E-state index in [1.165, 1.54) is 6.39 Å². The molecule has 0 fully saturated rings. The minimum atomic E-state index is 0.245. The first-order valence-electron chi connectivity index (χ1n) is 5.87. The van der Waals surface area contributed by atoms with Gasteiger partial charge in [0.15, 0.2) is 18.0 Å². The highest BCUT2D eigenvalue weighted by Crippen LogP contribution is 2.27.